The van der Waals surface area contributed by atoms with Crippen molar-refractivity contribution in [3.05, 3.63) is 48.3 Å². The first-order chi connectivity index (χ1) is 14.5. The molecule has 11 nitrogen and oxygen atoms in total. The minimum absolute atomic E-state index is 0.0259. The monoisotopic (exact) mass is 419 g/mol. The smallest absolute Gasteiger partial charge is 0.429 e. The van der Waals surface area contributed by atoms with Gasteiger partial charge in [0.15, 0.2) is 29.3 Å². The van der Waals surface area contributed by atoms with Crippen molar-refractivity contribution >= 4 is 23.1 Å². The fraction of sp³-hybridized carbons (Fsp3) is 0.333. The number of aliphatic hydroxyl groups is 2. The molecule has 3 aromatic rings. The van der Waals surface area contributed by atoms with Gasteiger partial charge in [0.1, 0.15) is 18.8 Å². The van der Waals surface area contributed by atoms with Gasteiger partial charge in [0.25, 0.3) is 0 Å². The maximum atomic E-state index is 13.7. The molecule has 0 radical (unpaired) electrons. The first-order valence-corrected chi connectivity index (χ1v) is 8.95. The number of carbonyl (C=O) groups excluding carboxylic acids is 1. The number of rotatable bonds is 5. The number of imidazole rings is 1. The van der Waals surface area contributed by atoms with E-state index in [9.17, 15) is 19.4 Å². The second-order valence-electron chi connectivity index (χ2n) is 6.55. The summed E-state index contributed by atoms with van der Waals surface area (Å²) in [7, 11) is 0. The van der Waals surface area contributed by atoms with Gasteiger partial charge in [-0.15, -0.1) is 0 Å². The highest BCUT2D eigenvalue weighted by atomic mass is 19.1. The van der Waals surface area contributed by atoms with Crippen LogP contribution in [0.5, 0.6) is 0 Å². The van der Waals surface area contributed by atoms with Gasteiger partial charge in [0, 0.05) is 0 Å². The third kappa shape index (κ3) is 3.75. The molecule has 1 aliphatic rings. The Labute approximate surface area is 168 Å². The van der Waals surface area contributed by atoms with Crippen LogP contribution in [0.4, 0.5) is 15.0 Å². The third-order valence-corrected chi connectivity index (χ3v) is 4.62. The van der Waals surface area contributed by atoms with Crippen LogP contribution >= 0.6 is 0 Å². The number of fused-ring (bicyclic) bond motifs is 1. The summed E-state index contributed by atoms with van der Waals surface area (Å²) in [5.74, 6) is -0.187. The molecule has 0 bridgehead atoms. The lowest BCUT2D eigenvalue weighted by molar-refractivity contribution is -0.0639. The molecule has 4 N–H and O–H groups in total. The minimum Gasteiger partial charge on any atom is -0.429 e. The fourth-order valence-corrected chi connectivity index (χ4v) is 3.18. The van der Waals surface area contributed by atoms with Gasteiger partial charge in [-0.2, -0.15) is 14.4 Å². The zero-order chi connectivity index (χ0) is 21.3. The number of ether oxygens (including phenoxy) is 3. The summed E-state index contributed by atoms with van der Waals surface area (Å²) < 4.78 is 30.8. The van der Waals surface area contributed by atoms with Gasteiger partial charge in [0.05, 0.1) is 12.9 Å². The van der Waals surface area contributed by atoms with Crippen LogP contribution in [0.25, 0.3) is 11.2 Å². The van der Waals surface area contributed by atoms with Crippen molar-refractivity contribution in [2.75, 3.05) is 12.3 Å². The van der Waals surface area contributed by atoms with Gasteiger partial charge in [-0.25, -0.2) is 9.78 Å². The lowest BCUT2D eigenvalue weighted by Gasteiger charge is -2.21. The molecule has 4 atom stereocenters. The molecule has 1 aromatic carbocycles. The van der Waals surface area contributed by atoms with E-state index in [1.165, 1.54) is 10.9 Å². The van der Waals surface area contributed by atoms with Gasteiger partial charge in [-0.3, -0.25) is 4.57 Å². The van der Waals surface area contributed by atoms with E-state index in [4.69, 9.17) is 19.9 Å². The molecular weight excluding hydrogens is 401 g/mol. The summed E-state index contributed by atoms with van der Waals surface area (Å²) in [6, 6.07) is 8.93. The highest BCUT2D eigenvalue weighted by molar-refractivity contribution is 5.81. The van der Waals surface area contributed by atoms with Crippen molar-refractivity contribution in [3.8, 4) is 0 Å². The van der Waals surface area contributed by atoms with Crippen LogP contribution in [-0.4, -0.2) is 60.8 Å². The number of nitrogens with two attached hydrogens (primary N) is 1. The summed E-state index contributed by atoms with van der Waals surface area (Å²) >= 11 is 0. The molecule has 30 heavy (non-hydrogen) atoms. The van der Waals surface area contributed by atoms with Crippen LogP contribution < -0.4 is 5.73 Å². The Morgan fingerprint density at radius 1 is 1.30 bits per heavy atom. The van der Waals surface area contributed by atoms with E-state index in [1.54, 1.807) is 24.3 Å². The number of carbonyl (C=O) groups is 1. The molecule has 2 unspecified atom stereocenters. The first kappa shape index (κ1) is 19.9. The molecule has 0 saturated carbocycles. The van der Waals surface area contributed by atoms with E-state index in [1.807, 2.05) is 6.07 Å². The van der Waals surface area contributed by atoms with Crippen LogP contribution in [0.3, 0.4) is 0 Å². The summed E-state index contributed by atoms with van der Waals surface area (Å²) in [6.45, 7) is -0.588. The Morgan fingerprint density at radius 3 is 2.80 bits per heavy atom. The molecule has 1 saturated heterocycles. The fourth-order valence-electron chi connectivity index (χ4n) is 3.18. The van der Waals surface area contributed by atoms with E-state index < -0.39 is 43.4 Å². The highest BCUT2D eigenvalue weighted by Gasteiger charge is 2.48. The lowest BCUT2D eigenvalue weighted by atomic mass is 10.1. The summed E-state index contributed by atoms with van der Waals surface area (Å²) in [6.07, 6.45) is -5.81. The zero-order valence-electron chi connectivity index (χ0n) is 15.5. The van der Waals surface area contributed by atoms with Crippen LogP contribution in [0, 0.1) is 6.08 Å². The molecule has 2 aromatic heterocycles. The highest BCUT2D eigenvalue weighted by Crippen LogP contribution is 2.34. The summed E-state index contributed by atoms with van der Waals surface area (Å²) in [4.78, 5) is 23.3. The number of benzene rings is 1. The average molecular weight is 419 g/mol. The number of aliphatic hydroxyl groups excluding tert-OH is 2. The normalized spacial score (nSPS) is 23.6. The van der Waals surface area contributed by atoms with E-state index in [2.05, 4.69) is 15.0 Å². The molecule has 0 spiro atoms. The lowest BCUT2D eigenvalue weighted by Crippen LogP contribution is -2.37. The van der Waals surface area contributed by atoms with E-state index >= 15 is 0 Å². The van der Waals surface area contributed by atoms with Crippen molar-refractivity contribution < 1.29 is 33.6 Å². The molecule has 1 aliphatic heterocycles. The molecule has 12 heteroatoms. The Hall–Kier alpha value is -3.35. The number of nitrogen functional groups attached to an aromatic ring is 1. The summed E-state index contributed by atoms with van der Waals surface area (Å²) in [5.41, 5.74) is 6.48. The zero-order valence-corrected chi connectivity index (χ0v) is 15.5. The maximum Gasteiger partial charge on any atom is 0.509 e. The molecular formula is C18H18FN5O6. The second-order valence-corrected chi connectivity index (χ2v) is 6.55. The molecule has 1 fully saturated rings. The Kier molecular flexibility index (Phi) is 5.44. The number of nitrogens with zero attached hydrogens (tertiary/aromatic N) is 4. The number of hydrogen-bond acceptors (Lipinski definition) is 10. The topological polar surface area (TPSA) is 155 Å². The van der Waals surface area contributed by atoms with Gasteiger partial charge >= 0.3 is 12.2 Å². The van der Waals surface area contributed by atoms with Gasteiger partial charge in [-0.1, -0.05) is 30.3 Å². The predicted molar refractivity (Wildman–Crippen MR) is 98.2 cm³/mol. The number of anilines is 1. The largest absolute Gasteiger partial charge is 0.509 e. The maximum absolute atomic E-state index is 13.7. The number of aromatic nitrogens is 4. The third-order valence-electron chi connectivity index (χ3n) is 4.62. The van der Waals surface area contributed by atoms with Crippen LogP contribution in [0.15, 0.2) is 36.7 Å². The summed E-state index contributed by atoms with van der Waals surface area (Å²) in [5, 5.41) is 19.9. The molecule has 3 heterocycles. The standard InChI is InChI=1S/C18H18FN5O6/c19-17-22-14(20)11-15(23-17)24(8-21-11)16-13(12(26)10(6-25)29-16)30-18(27)28-7-9-4-2-1-3-5-9/h1-5,8,10,12-13,16,25-26H,6-7H2,(H2,20,22,23)/t10-,12-,13?,16?/m1/s1. The first-order valence-electron chi connectivity index (χ1n) is 8.95. The Morgan fingerprint density at radius 2 is 2.07 bits per heavy atom. The predicted octanol–water partition coefficient (Wildman–Crippen LogP) is 0.520. The van der Waals surface area contributed by atoms with E-state index in [0.29, 0.717) is 0 Å². The molecule has 4 rings (SSSR count). The van der Waals surface area contributed by atoms with E-state index in [-0.39, 0.29) is 23.6 Å². The van der Waals surface area contributed by atoms with Crippen molar-refractivity contribution in [1.82, 2.24) is 19.5 Å². The van der Waals surface area contributed by atoms with Crippen LogP contribution in [0.2, 0.25) is 0 Å². The molecule has 158 valence electrons. The number of halogens is 1. The minimum atomic E-state index is -1.38. The average Bonchev–Trinajstić information content (AvgIpc) is 3.28. The van der Waals surface area contributed by atoms with Crippen LogP contribution in [-0.2, 0) is 20.8 Å². The van der Waals surface area contributed by atoms with Gasteiger partial charge in [0.2, 0.25) is 0 Å². The second kappa shape index (κ2) is 8.18. The van der Waals surface area contributed by atoms with Crippen LogP contribution in [0.1, 0.15) is 11.8 Å². The van der Waals surface area contributed by atoms with Crippen molar-refractivity contribution in [3.63, 3.8) is 0 Å². The van der Waals surface area contributed by atoms with Gasteiger partial charge < -0.3 is 30.2 Å². The van der Waals surface area contributed by atoms with Crippen molar-refractivity contribution in [2.45, 2.75) is 31.1 Å². The van der Waals surface area contributed by atoms with E-state index in [0.717, 1.165) is 5.56 Å². The Balaban J connectivity index is 1.56. The molecule has 0 amide bonds. The van der Waals surface area contributed by atoms with Crippen molar-refractivity contribution in [2.24, 2.45) is 0 Å². The molecule has 0 aliphatic carbocycles. The quantitative estimate of drug-likeness (QED) is 0.394. The van der Waals surface area contributed by atoms with Crippen molar-refractivity contribution in [1.29, 1.82) is 0 Å². The SMILES string of the molecule is Nc1nc(F)nc2c1ncn2C1O[C@H](CO)[C@@H](O)C1OC(=O)OCc1ccccc1. The Bertz CT molecular complexity index is 1050. The van der Waals surface area contributed by atoms with Gasteiger partial charge in [-0.05, 0) is 5.56 Å². The number of hydrogen-bond donors (Lipinski definition) is 3.